The molecule has 0 saturated carbocycles. The monoisotopic (exact) mass is 239 g/mol. The summed E-state index contributed by atoms with van der Waals surface area (Å²) in [6, 6.07) is 9.71. The summed E-state index contributed by atoms with van der Waals surface area (Å²) in [5, 5.41) is 9.30. The Morgan fingerprint density at radius 3 is 3.00 bits per heavy atom. The zero-order valence-electron chi connectivity index (χ0n) is 7.16. The molecule has 68 valence electrons. The second-order valence-corrected chi connectivity index (χ2v) is 3.31. The Hall–Kier alpha value is -1.01. The van der Waals surface area contributed by atoms with Gasteiger partial charge in [-0.1, -0.05) is 28.1 Å². The zero-order valence-corrected chi connectivity index (χ0v) is 8.75. The molecule has 0 fully saturated rings. The van der Waals surface area contributed by atoms with Crippen LogP contribution in [0.25, 0.3) is 0 Å². The number of alkyl halides is 1. The standard InChI is InChI=1S/C10H10BrNO/c11-5-7-13-10-3-1-2-9(8-10)4-6-12/h1-3,8H,4-5,7H2. The Morgan fingerprint density at radius 1 is 1.46 bits per heavy atom. The van der Waals surface area contributed by atoms with Crippen LogP contribution in [-0.4, -0.2) is 11.9 Å². The third-order valence-corrected chi connectivity index (χ3v) is 1.85. The first kappa shape index (κ1) is 10.1. The van der Waals surface area contributed by atoms with Gasteiger partial charge >= 0.3 is 0 Å². The minimum Gasteiger partial charge on any atom is -0.493 e. The van der Waals surface area contributed by atoms with Gasteiger partial charge in [0.15, 0.2) is 0 Å². The van der Waals surface area contributed by atoms with Gasteiger partial charge in [-0.25, -0.2) is 0 Å². The van der Waals surface area contributed by atoms with E-state index < -0.39 is 0 Å². The molecular weight excluding hydrogens is 230 g/mol. The van der Waals surface area contributed by atoms with Gasteiger partial charge in [0.05, 0.1) is 19.1 Å². The van der Waals surface area contributed by atoms with Crippen LogP contribution >= 0.6 is 15.9 Å². The summed E-state index contributed by atoms with van der Waals surface area (Å²) in [6.07, 6.45) is 0.436. The first-order valence-electron chi connectivity index (χ1n) is 4.01. The summed E-state index contributed by atoms with van der Waals surface area (Å²) in [4.78, 5) is 0. The molecule has 0 aliphatic heterocycles. The quantitative estimate of drug-likeness (QED) is 0.757. The number of ether oxygens (including phenoxy) is 1. The normalized spacial score (nSPS) is 9.23. The third kappa shape index (κ3) is 3.47. The molecule has 0 bridgehead atoms. The number of benzene rings is 1. The molecule has 0 amide bonds. The number of nitrogens with zero attached hydrogens (tertiary/aromatic N) is 1. The smallest absolute Gasteiger partial charge is 0.119 e. The minimum absolute atomic E-state index is 0.436. The van der Waals surface area contributed by atoms with Crippen LogP contribution in [0.2, 0.25) is 0 Å². The maximum atomic E-state index is 8.49. The van der Waals surface area contributed by atoms with Crippen molar-refractivity contribution in [2.45, 2.75) is 6.42 Å². The number of halogens is 1. The molecule has 0 heterocycles. The lowest BCUT2D eigenvalue weighted by atomic mass is 10.2. The molecule has 1 aromatic rings. The fraction of sp³-hybridized carbons (Fsp3) is 0.300. The van der Waals surface area contributed by atoms with Crippen molar-refractivity contribution < 1.29 is 4.74 Å². The Kier molecular flexibility index (Phi) is 4.34. The first-order chi connectivity index (χ1) is 6.36. The Morgan fingerprint density at radius 2 is 2.31 bits per heavy atom. The Bertz CT molecular complexity index is 306. The summed E-state index contributed by atoms with van der Waals surface area (Å²) in [7, 11) is 0. The predicted molar refractivity (Wildman–Crippen MR) is 55.0 cm³/mol. The number of hydrogen-bond donors (Lipinski definition) is 0. The van der Waals surface area contributed by atoms with Gasteiger partial charge < -0.3 is 4.74 Å². The van der Waals surface area contributed by atoms with Crippen LogP contribution in [0.15, 0.2) is 24.3 Å². The largest absolute Gasteiger partial charge is 0.493 e. The van der Waals surface area contributed by atoms with Crippen LogP contribution in [0.3, 0.4) is 0 Å². The summed E-state index contributed by atoms with van der Waals surface area (Å²) in [5.41, 5.74) is 0.995. The maximum Gasteiger partial charge on any atom is 0.119 e. The van der Waals surface area contributed by atoms with Gasteiger partial charge in [0.25, 0.3) is 0 Å². The highest BCUT2D eigenvalue weighted by atomic mass is 79.9. The molecule has 1 aromatic carbocycles. The van der Waals surface area contributed by atoms with Gasteiger partial charge in [-0.05, 0) is 17.7 Å². The highest BCUT2D eigenvalue weighted by molar-refractivity contribution is 9.09. The van der Waals surface area contributed by atoms with Crippen molar-refractivity contribution >= 4 is 15.9 Å². The van der Waals surface area contributed by atoms with Crippen molar-refractivity contribution in [1.82, 2.24) is 0 Å². The topological polar surface area (TPSA) is 33.0 Å². The molecule has 13 heavy (non-hydrogen) atoms. The lowest BCUT2D eigenvalue weighted by Crippen LogP contribution is -1.97. The molecule has 0 atom stereocenters. The molecule has 3 heteroatoms. The van der Waals surface area contributed by atoms with Gasteiger partial charge in [-0.15, -0.1) is 0 Å². The lowest BCUT2D eigenvalue weighted by molar-refractivity contribution is 0.345. The van der Waals surface area contributed by atoms with Gasteiger partial charge in [0.1, 0.15) is 5.75 Å². The van der Waals surface area contributed by atoms with E-state index >= 15 is 0 Å². The molecular formula is C10H10BrNO. The van der Waals surface area contributed by atoms with E-state index in [2.05, 4.69) is 22.0 Å². The molecule has 0 radical (unpaired) electrons. The van der Waals surface area contributed by atoms with Gasteiger partial charge in [0, 0.05) is 5.33 Å². The number of rotatable bonds is 4. The molecule has 0 aromatic heterocycles. The van der Waals surface area contributed by atoms with E-state index in [0.29, 0.717) is 13.0 Å². The lowest BCUT2D eigenvalue weighted by Gasteiger charge is -2.04. The highest BCUT2D eigenvalue weighted by Crippen LogP contribution is 2.13. The van der Waals surface area contributed by atoms with Crippen LogP contribution in [0.4, 0.5) is 0 Å². The van der Waals surface area contributed by atoms with Crippen LogP contribution in [0, 0.1) is 11.3 Å². The fourth-order valence-electron chi connectivity index (χ4n) is 0.993. The maximum absolute atomic E-state index is 8.49. The van der Waals surface area contributed by atoms with Crippen LogP contribution in [-0.2, 0) is 6.42 Å². The molecule has 0 N–H and O–H groups in total. The van der Waals surface area contributed by atoms with Crippen LogP contribution in [0.1, 0.15) is 5.56 Å². The second kappa shape index (κ2) is 5.60. The van der Waals surface area contributed by atoms with E-state index in [1.54, 1.807) is 0 Å². The van der Waals surface area contributed by atoms with Crippen molar-refractivity contribution in [1.29, 1.82) is 5.26 Å². The first-order valence-corrected chi connectivity index (χ1v) is 5.13. The fourth-order valence-corrected chi connectivity index (χ4v) is 1.15. The zero-order chi connectivity index (χ0) is 9.52. The molecule has 0 unspecified atom stereocenters. The summed E-state index contributed by atoms with van der Waals surface area (Å²) >= 11 is 3.28. The molecule has 2 nitrogen and oxygen atoms in total. The molecule has 1 rings (SSSR count). The van der Waals surface area contributed by atoms with Crippen molar-refractivity contribution in [3.8, 4) is 11.8 Å². The van der Waals surface area contributed by atoms with E-state index in [-0.39, 0.29) is 0 Å². The van der Waals surface area contributed by atoms with Crippen molar-refractivity contribution in [2.24, 2.45) is 0 Å². The predicted octanol–water partition coefficient (Wildman–Crippen LogP) is 2.53. The van der Waals surface area contributed by atoms with E-state index in [4.69, 9.17) is 10.00 Å². The summed E-state index contributed by atoms with van der Waals surface area (Å²) < 4.78 is 5.39. The number of nitriles is 1. The highest BCUT2D eigenvalue weighted by Gasteiger charge is 1.95. The van der Waals surface area contributed by atoms with E-state index in [0.717, 1.165) is 16.6 Å². The molecule has 0 aliphatic rings. The van der Waals surface area contributed by atoms with Crippen LogP contribution < -0.4 is 4.74 Å². The average molecular weight is 240 g/mol. The van der Waals surface area contributed by atoms with Crippen molar-refractivity contribution in [3.63, 3.8) is 0 Å². The third-order valence-electron chi connectivity index (χ3n) is 1.53. The van der Waals surface area contributed by atoms with Crippen molar-refractivity contribution in [3.05, 3.63) is 29.8 Å². The Balaban J connectivity index is 2.63. The molecule has 0 saturated heterocycles. The summed E-state index contributed by atoms with van der Waals surface area (Å²) in [6.45, 7) is 0.649. The van der Waals surface area contributed by atoms with Crippen LogP contribution in [0.5, 0.6) is 5.75 Å². The van der Waals surface area contributed by atoms with Gasteiger partial charge in [0.2, 0.25) is 0 Å². The SMILES string of the molecule is N#CCc1cccc(OCCBr)c1. The van der Waals surface area contributed by atoms with E-state index in [9.17, 15) is 0 Å². The van der Waals surface area contributed by atoms with E-state index in [1.165, 1.54) is 0 Å². The molecule has 0 spiro atoms. The second-order valence-electron chi connectivity index (χ2n) is 2.52. The summed E-state index contributed by atoms with van der Waals surface area (Å²) in [5.74, 6) is 0.826. The average Bonchev–Trinajstić information content (AvgIpc) is 2.16. The minimum atomic E-state index is 0.436. The van der Waals surface area contributed by atoms with E-state index in [1.807, 2.05) is 24.3 Å². The van der Waals surface area contributed by atoms with Gasteiger partial charge in [-0.3, -0.25) is 0 Å². The van der Waals surface area contributed by atoms with Gasteiger partial charge in [-0.2, -0.15) is 5.26 Å². The number of hydrogen-bond acceptors (Lipinski definition) is 2. The van der Waals surface area contributed by atoms with Crippen molar-refractivity contribution in [2.75, 3.05) is 11.9 Å². The molecule has 0 aliphatic carbocycles. The Labute approximate surface area is 86.3 Å².